The van der Waals surface area contributed by atoms with Gasteiger partial charge in [0.05, 0.1) is 49.2 Å². The lowest BCUT2D eigenvalue weighted by atomic mass is 9.57. The van der Waals surface area contributed by atoms with Crippen LogP contribution in [-0.4, -0.2) is 107 Å². The van der Waals surface area contributed by atoms with Crippen LogP contribution in [0.25, 0.3) is 0 Å². The summed E-state index contributed by atoms with van der Waals surface area (Å²) in [6.07, 6.45) is 3.58. The summed E-state index contributed by atoms with van der Waals surface area (Å²) in [4.78, 5) is 26.8. The minimum atomic E-state index is -1.09. The topological polar surface area (TPSA) is 167 Å². The van der Waals surface area contributed by atoms with Crippen molar-refractivity contribution in [1.82, 2.24) is 10.6 Å². The third kappa shape index (κ3) is 7.27. The number of aliphatic hydroxyl groups excluding tert-OH is 4. The van der Waals surface area contributed by atoms with Crippen molar-refractivity contribution in [2.75, 3.05) is 26.3 Å². The first-order chi connectivity index (χ1) is 22.0. The number of rotatable bonds is 10. The summed E-state index contributed by atoms with van der Waals surface area (Å²) in [5, 5.41) is 50.6. The molecule has 0 aromatic carbocycles. The van der Waals surface area contributed by atoms with Crippen LogP contribution in [0.15, 0.2) is 11.6 Å². The molecule has 2 aliphatic carbocycles. The van der Waals surface area contributed by atoms with E-state index in [9.17, 15) is 30.0 Å². The molecular formula is C35H58N2O9. The van der Waals surface area contributed by atoms with Crippen LogP contribution in [0.1, 0.15) is 85.5 Å². The summed E-state index contributed by atoms with van der Waals surface area (Å²) in [5.74, 6) is -2.34. The fraction of sp³-hybridized carbons (Fsp3) is 0.886. The fourth-order valence-electron chi connectivity index (χ4n) is 9.32. The Morgan fingerprint density at radius 2 is 1.96 bits per heavy atom. The molecule has 0 amide bonds. The van der Waals surface area contributed by atoms with Gasteiger partial charge in [-0.1, -0.05) is 19.4 Å². The van der Waals surface area contributed by atoms with Crippen molar-refractivity contribution in [3.63, 3.8) is 0 Å². The molecule has 11 heteroatoms. The second-order valence-electron chi connectivity index (χ2n) is 14.9. The molecule has 3 aliphatic heterocycles. The summed E-state index contributed by atoms with van der Waals surface area (Å²) in [6, 6.07) is 0. The summed E-state index contributed by atoms with van der Waals surface area (Å²) in [6.45, 7) is 8.71. The van der Waals surface area contributed by atoms with E-state index >= 15 is 0 Å². The van der Waals surface area contributed by atoms with Crippen molar-refractivity contribution in [1.29, 1.82) is 0 Å². The molecule has 2 saturated carbocycles. The van der Waals surface area contributed by atoms with Gasteiger partial charge in [0.1, 0.15) is 17.5 Å². The maximum Gasteiger partial charge on any atom is 0.333 e. The maximum atomic E-state index is 13.6. The van der Waals surface area contributed by atoms with Gasteiger partial charge >= 0.3 is 5.97 Å². The summed E-state index contributed by atoms with van der Waals surface area (Å²) in [7, 11) is 0. The molecule has 11 nitrogen and oxygen atoms in total. The molecule has 6 N–H and O–H groups in total. The normalized spacial score (nSPS) is 44.2. The highest BCUT2D eigenvalue weighted by atomic mass is 16.6. The zero-order valence-electron chi connectivity index (χ0n) is 28.1. The van der Waals surface area contributed by atoms with Crippen LogP contribution in [-0.2, 0) is 23.8 Å². The van der Waals surface area contributed by atoms with E-state index in [0.717, 1.165) is 38.8 Å². The second kappa shape index (κ2) is 15.4. The Hall–Kier alpha value is -1.44. The van der Waals surface area contributed by atoms with E-state index in [1.807, 2.05) is 6.92 Å². The average molecular weight is 651 g/mol. The zero-order chi connectivity index (χ0) is 33.2. The van der Waals surface area contributed by atoms with Gasteiger partial charge in [0.25, 0.3) is 0 Å². The summed E-state index contributed by atoms with van der Waals surface area (Å²) < 4.78 is 19.8. The lowest BCUT2D eigenvalue weighted by molar-refractivity contribution is -0.303. The van der Waals surface area contributed by atoms with E-state index in [4.69, 9.17) is 14.2 Å². The Balaban J connectivity index is 1.50. The highest BCUT2D eigenvalue weighted by Gasteiger charge is 2.64. The molecule has 0 aromatic rings. The first-order valence-electron chi connectivity index (χ1n) is 17.8. The Morgan fingerprint density at radius 1 is 1.17 bits per heavy atom. The standard InChI is InChI=1S/C35H58N2O9/c1-5-19(3)34(43)45-27-15-25-31(42)30-26(41)14-24(18-39)44-33(30)29(21-8-7-9-23(40)13-21)32(25)46-35(27,4)22(17-38)12-20-10-11-28(36-6-2)37-16-20/h5,20-25,27-33,36-40,42H,6-18H2,1-4H3/t20?,21?,22-,23?,24?,25?,27-,28?,29?,30?,31?,32?,33?,35-/m1/s1. The van der Waals surface area contributed by atoms with E-state index in [1.165, 1.54) is 0 Å². The Bertz CT molecular complexity index is 1080. The number of nitrogens with one attached hydrogen (secondary N) is 2. The van der Waals surface area contributed by atoms with Crippen LogP contribution in [0, 0.1) is 35.5 Å². The van der Waals surface area contributed by atoms with Crippen LogP contribution in [0.3, 0.4) is 0 Å². The van der Waals surface area contributed by atoms with Crippen LogP contribution in [0.5, 0.6) is 0 Å². The second-order valence-corrected chi connectivity index (χ2v) is 14.9. The third-order valence-corrected chi connectivity index (χ3v) is 12.1. The van der Waals surface area contributed by atoms with E-state index in [1.54, 1.807) is 19.9 Å². The minimum absolute atomic E-state index is 0.0202. The summed E-state index contributed by atoms with van der Waals surface area (Å²) >= 11 is 0. The van der Waals surface area contributed by atoms with Gasteiger partial charge < -0.3 is 45.3 Å². The predicted octanol–water partition coefficient (Wildman–Crippen LogP) is 1.84. The molecular weight excluding hydrogens is 592 g/mol. The van der Waals surface area contributed by atoms with Gasteiger partial charge in [-0.25, -0.2) is 4.79 Å². The molecule has 5 fully saturated rings. The van der Waals surface area contributed by atoms with Gasteiger partial charge in [-0.05, 0) is 90.6 Å². The van der Waals surface area contributed by atoms with E-state index < -0.39 is 60.0 Å². The number of allylic oxidation sites excluding steroid dienone is 1. The Labute approximate surface area is 273 Å². The molecule has 0 aromatic heterocycles. The number of hydrogen-bond donors (Lipinski definition) is 6. The fourth-order valence-corrected chi connectivity index (χ4v) is 9.32. The maximum absolute atomic E-state index is 13.6. The van der Waals surface area contributed by atoms with Crippen LogP contribution >= 0.6 is 0 Å². The lowest BCUT2D eigenvalue weighted by Gasteiger charge is -2.60. The van der Waals surface area contributed by atoms with Gasteiger partial charge in [-0.15, -0.1) is 0 Å². The molecule has 5 aliphatic rings. The highest BCUT2D eigenvalue weighted by molar-refractivity contribution is 5.87. The smallest absolute Gasteiger partial charge is 0.333 e. The van der Waals surface area contributed by atoms with Crippen molar-refractivity contribution in [2.45, 2.75) is 134 Å². The number of esters is 1. The van der Waals surface area contributed by atoms with Gasteiger partial charge in [0.15, 0.2) is 0 Å². The molecule has 0 radical (unpaired) electrons. The molecule has 0 spiro atoms. The highest BCUT2D eigenvalue weighted by Crippen LogP contribution is 2.54. The number of hydrogen-bond acceptors (Lipinski definition) is 11. The number of ketones is 1. The molecule has 0 bridgehead atoms. The van der Waals surface area contributed by atoms with Crippen molar-refractivity contribution >= 4 is 11.8 Å². The quantitative estimate of drug-likeness (QED) is 0.151. The van der Waals surface area contributed by atoms with Crippen LogP contribution < -0.4 is 10.6 Å². The van der Waals surface area contributed by atoms with Gasteiger partial charge in [0, 0.05) is 36.4 Å². The Kier molecular flexibility index (Phi) is 12.0. The molecule has 11 unspecified atom stereocenters. The molecule has 3 heterocycles. The first kappa shape index (κ1) is 35.9. The monoisotopic (exact) mass is 650 g/mol. The van der Waals surface area contributed by atoms with Crippen LogP contribution in [0.4, 0.5) is 0 Å². The Morgan fingerprint density at radius 3 is 2.59 bits per heavy atom. The number of fused-ring (bicyclic) bond motifs is 2. The van der Waals surface area contributed by atoms with Crippen molar-refractivity contribution in [3.8, 4) is 0 Å². The predicted molar refractivity (Wildman–Crippen MR) is 170 cm³/mol. The number of carbonyl (C=O) groups excluding carboxylic acids is 2. The number of carbonyl (C=O) groups is 2. The third-order valence-electron chi connectivity index (χ3n) is 12.1. The lowest BCUT2D eigenvalue weighted by Crippen LogP contribution is -2.70. The minimum Gasteiger partial charge on any atom is -0.456 e. The van der Waals surface area contributed by atoms with E-state index in [0.29, 0.717) is 24.8 Å². The van der Waals surface area contributed by atoms with Gasteiger partial charge in [-0.3, -0.25) is 4.79 Å². The largest absolute Gasteiger partial charge is 0.456 e. The number of aliphatic hydroxyl groups is 4. The average Bonchev–Trinajstić information content (AvgIpc) is 3.04. The molecule has 3 saturated heterocycles. The SMILES string of the molecule is CC=C(C)C(=O)O[C@@H]1CC2C(O)C3C(=O)CC(CO)OC3C(C3CCCC(O)C3)C2O[C@]1(C)[C@@H](CO)CC1CCC(NCC)NC1. The molecule has 46 heavy (non-hydrogen) atoms. The van der Waals surface area contributed by atoms with E-state index in [2.05, 4.69) is 17.6 Å². The van der Waals surface area contributed by atoms with Crippen molar-refractivity contribution < 1.29 is 44.2 Å². The van der Waals surface area contributed by atoms with Crippen LogP contribution in [0.2, 0.25) is 0 Å². The number of ether oxygens (including phenoxy) is 3. The first-order valence-corrected chi connectivity index (χ1v) is 17.8. The number of Topliss-reactive ketones (excluding diaryl/α,β-unsaturated/α-hetero) is 1. The number of piperidine rings is 1. The van der Waals surface area contributed by atoms with Crippen molar-refractivity contribution in [2.24, 2.45) is 35.5 Å². The summed E-state index contributed by atoms with van der Waals surface area (Å²) in [5.41, 5.74) is -0.633. The van der Waals surface area contributed by atoms with Gasteiger partial charge in [0.2, 0.25) is 0 Å². The molecule has 262 valence electrons. The van der Waals surface area contributed by atoms with Gasteiger partial charge in [-0.2, -0.15) is 0 Å². The molecule has 14 atom stereocenters. The van der Waals surface area contributed by atoms with E-state index in [-0.39, 0.29) is 61.7 Å². The molecule has 5 rings (SSSR count). The zero-order valence-corrected chi connectivity index (χ0v) is 28.1. The van der Waals surface area contributed by atoms with Crippen molar-refractivity contribution in [3.05, 3.63) is 11.6 Å².